The summed E-state index contributed by atoms with van der Waals surface area (Å²) in [5.41, 5.74) is 0. The van der Waals surface area contributed by atoms with Crippen LogP contribution in [0.3, 0.4) is 0 Å². The number of nitrogens with one attached hydrogen (secondary N) is 2. The first kappa shape index (κ1) is 15.7. The molecule has 0 radical (unpaired) electrons. The second kappa shape index (κ2) is 8.72. The van der Waals surface area contributed by atoms with Crippen LogP contribution in [0, 0.1) is 0 Å². The summed E-state index contributed by atoms with van der Waals surface area (Å²) < 4.78 is 10.2. The number of rotatable bonds is 9. The molecule has 0 bridgehead atoms. The number of aryl methyl sites for hydroxylation is 1. The normalized spacial score (nSPS) is 14.1. The molecule has 1 aromatic heterocycles. The second-order valence-corrected chi connectivity index (χ2v) is 4.69. The van der Waals surface area contributed by atoms with Gasteiger partial charge in [-0.25, -0.2) is 0 Å². The molecule has 0 aliphatic heterocycles. The number of ether oxygens (including phenoxy) is 1. The maximum atomic E-state index is 11.7. The van der Waals surface area contributed by atoms with Crippen LogP contribution >= 0.6 is 0 Å². The van der Waals surface area contributed by atoms with Crippen LogP contribution in [-0.4, -0.2) is 38.3 Å². The summed E-state index contributed by atoms with van der Waals surface area (Å²) in [4.78, 5) is 11.7. The second-order valence-electron chi connectivity index (χ2n) is 4.69. The van der Waals surface area contributed by atoms with Crippen molar-refractivity contribution in [2.75, 3.05) is 20.3 Å². The lowest BCUT2D eigenvalue weighted by atomic mass is 10.1. The van der Waals surface area contributed by atoms with E-state index in [1.807, 2.05) is 19.1 Å². The van der Waals surface area contributed by atoms with Gasteiger partial charge in [-0.2, -0.15) is 0 Å². The number of methoxy groups -OCH3 is 1. The molecular formula is C14H24N2O3. The Morgan fingerprint density at radius 1 is 1.47 bits per heavy atom. The van der Waals surface area contributed by atoms with E-state index in [2.05, 4.69) is 17.6 Å². The fourth-order valence-electron chi connectivity index (χ4n) is 1.83. The zero-order valence-electron chi connectivity index (χ0n) is 11.9. The standard InChI is InChI=1S/C14H24N2O3/c1-11(6-7-13-5-4-9-19-13)16-12(2)14(17)15-8-10-18-3/h4-5,9,11-12,16H,6-8,10H2,1-3H3,(H,15,17). The van der Waals surface area contributed by atoms with E-state index in [4.69, 9.17) is 9.15 Å². The molecule has 1 heterocycles. The van der Waals surface area contributed by atoms with Crippen LogP contribution in [0.4, 0.5) is 0 Å². The SMILES string of the molecule is COCCNC(=O)C(C)NC(C)CCc1ccco1. The zero-order valence-corrected chi connectivity index (χ0v) is 11.9. The molecule has 5 nitrogen and oxygen atoms in total. The first-order valence-electron chi connectivity index (χ1n) is 6.68. The summed E-state index contributed by atoms with van der Waals surface area (Å²) in [5.74, 6) is 0.979. The van der Waals surface area contributed by atoms with E-state index < -0.39 is 0 Å². The zero-order chi connectivity index (χ0) is 14.1. The van der Waals surface area contributed by atoms with Crippen molar-refractivity contribution in [3.05, 3.63) is 24.2 Å². The molecule has 1 aromatic rings. The van der Waals surface area contributed by atoms with E-state index in [0.29, 0.717) is 13.2 Å². The molecule has 0 saturated carbocycles. The van der Waals surface area contributed by atoms with Crippen molar-refractivity contribution in [2.24, 2.45) is 0 Å². The molecule has 19 heavy (non-hydrogen) atoms. The van der Waals surface area contributed by atoms with Gasteiger partial charge in [0.25, 0.3) is 0 Å². The third kappa shape index (κ3) is 6.40. The van der Waals surface area contributed by atoms with Crippen molar-refractivity contribution < 1.29 is 13.9 Å². The van der Waals surface area contributed by atoms with Gasteiger partial charge in [0.05, 0.1) is 18.9 Å². The third-order valence-corrected chi connectivity index (χ3v) is 2.94. The van der Waals surface area contributed by atoms with Gasteiger partial charge in [0.1, 0.15) is 5.76 Å². The van der Waals surface area contributed by atoms with Crippen LogP contribution in [0.25, 0.3) is 0 Å². The molecule has 0 fully saturated rings. The van der Waals surface area contributed by atoms with Gasteiger partial charge in [-0.3, -0.25) is 4.79 Å². The van der Waals surface area contributed by atoms with Gasteiger partial charge in [-0.15, -0.1) is 0 Å². The summed E-state index contributed by atoms with van der Waals surface area (Å²) in [6, 6.07) is 3.91. The van der Waals surface area contributed by atoms with E-state index in [1.165, 1.54) is 0 Å². The summed E-state index contributed by atoms with van der Waals surface area (Å²) >= 11 is 0. The Kier molecular flexibility index (Phi) is 7.22. The maximum absolute atomic E-state index is 11.7. The monoisotopic (exact) mass is 268 g/mol. The van der Waals surface area contributed by atoms with Crippen LogP contribution in [0.15, 0.2) is 22.8 Å². The van der Waals surface area contributed by atoms with Crippen molar-refractivity contribution in [2.45, 2.75) is 38.8 Å². The lowest BCUT2D eigenvalue weighted by Crippen LogP contribution is -2.46. The minimum Gasteiger partial charge on any atom is -0.469 e. The van der Waals surface area contributed by atoms with Crippen LogP contribution in [-0.2, 0) is 16.0 Å². The van der Waals surface area contributed by atoms with Crippen LogP contribution in [0.2, 0.25) is 0 Å². The highest BCUT2D eigenvalue weighted by atomic mass is 16.5. The Morgan fingerprint density at radius 3 is 2.89 bits per heavy atom. The average molecular weight is 268 g/mol. The number of amides is 1. The minimum absolute atomic E-state index is 0.00176. The molecule has 2 N–H and O–H groups in total. The first-order valence-corrected chi connectivity index (χ1v) is 6.68. The Balaban J connectivity index is 2.19. The molecule has 1 amide bonds. The molecule has 0 aliphatic rings. The van der Waals surface area contributed by atoms with Crippen molar-refractivity contribution in [3.63, 3.8) is 0 Å². The van der Waals surface area contributed by atoms with Gasteiger partial charge in [-0.05, 0) is 32.4 Å². The van der Waals surface area contributed by atoms with Crippen LogP contribution in [0.5, 0.6) is 0 Å². The third-order valence-electron chi connectivity index (χ3n) is 2.94. The van der Waals surface area contributed by atoms with Crippen molar-refractivity contribution in [3.8, 4) is 0 Å². The topological polar surface area (TPSA) is 63.5 Å². The van der Waals surface area contributed by atoms with Gasteiger partial charge in [0.15, 0.2) is 0 Å². The summed E-state index contributed by atoms with van der Waals surface area (Å²) in [5, 5.41) is 6.09. The van der Waals surface area contributed by atoms with E-state index in [9.17, 15) is 4.79 Å². The quantitative estimate of drug-likeness (QED) is 0.663. The Morgan fingerprint density at radius 2 is 2.26 bits per heavy atom. The highest BCUT2D eigenvalue weighted by Gasteiger charge is 2.14. The molecule has 2 atom stereocenters. The fraction of sp³-hybridized carbons (Fsp3) is 0.643. The van der Waals surface area contributed by atoms with E-state index in [-0.39, 0.29) is 18.0 Å². The Labute approximate surface area is 114 Å². The van der Waals surface area contributed by atoms with E-state index >= 15 is 0 Å². The largest absolute Gasteiger partial charge is 0.469 e. The molecule has 5 heteroatoms. The average Bonchev–Trinajstić information content (AvgIpc) is 2.89. The highest BCUT2D eigenvalue weighted by Crippen LogP contribution is 2.06. The van der Waals surface area contributed by atoms with E-state index in [0.717, 1.165) is 18.6 Å². The van der Waals surface area contributed by atoms with Crippen molar-refractivity contribution >= 4 is 5.91 Å². The minimum atomic E-state index is -0.205. The van der Waals surface area contributed by atoms with Crippen LogP contribution in [0.1, 0.15) is 26.0 Å². The summed E-state index contributed by atoms with van der Waals surface area (Å²) in [6.07, 6.45) is 3.49. The first-order chi connectivity index (χ1) is 9.13. The van der Waals surface area contributed by atoms with Crippen LogP contribution < -0.4 is 10.6 Å². The lowest BCUT2D eigenvalue weighted by Gasteiger charge is -2.19. The molecule has 0 aromatic carbocycles. The van der Waals surface area contributed by atoms with E-state index in [1.54, 1.807) is 13.4 Å². The number of carbonyl (C=O) groups is 1. The Bertz CT molecular complexity index is 352. The molecule has 108 valence electrons. The van der Waals surface area contributed by atoms with Crippen molar-refractivity contribution in [1.29, 1.82) is 0 Å². The van der Waals surface area contributed by atoms with Gasteiger partial charge in [-0.1, -0.05) is 0 Å². The molecular weight excluding hydrogens is 244 g/mol. The predicted molar refractivity (Wildman–Crippen MR) is 74.0 cm³/mol. The van der Waals surface area contributed by atoms with Gasteiger partial charge in [0, 0.05) is 26.1 Å². The fourth-order valence-corrected chi connectivity index (χ4v) is 1.83. The number of carbonyl (C=O) groups excluding carboxylic acids is 1. The predicted octanol–water partition coefficient (Wildman–Crippen LogP) is 1.34. The number of hydrogen-bond acceptors (Lipinski definition) is 4. The number of furan rings is 1. The van der Waals surface area contributed by atoms with Crippen molar-refractivity contribution in [1.82, 2.24) is 10.6 Å². The maximum Gasteiger partial charge on any atom is 0.236 e. The smallest absolute Gasteiger partial charge is 0.236 e. The Hall–Kier alpha value is -1.33. The van der Waals surface area contributed by atoms with Gasteiger partial charge >= 0.3 is 0 Å². The molecule has 0 spiro atoms. The highest BCUT2D eigenvalue weighted by molar-refractivity contribution is 5.81. The van der Waals surface area contributed by atoms with Gasteiger partial charge < -0.3 is 19.8 Å². The summed E-state index contributed by atoms with van der Waals surface area (Å²) in [6.45, 7) is 5.02. The van der Waals surface area contributed by atoms with Gasteiger partial charge in [0.2, 0.25) is 5.91 Å². The molecule has 0 aliphatic carbocycles. The molecule has 1 rings (SSSR count). The molecule has 0 saturated heterocycles. The number of hydrogen-bond donors (Lipinski definition) is 2. The molecule has 2 unspecified atom stereocenters. The summed E-state index contributed by atoms with van der Waals surface area (Å²) in [7, 11) is 1.62. The lowest BCUT2D eigenvalue weighted by molar-refractivity contribution is -0.123.